The van der Waals surface area contributed by atoms with Crippen molar-refractivity contribution in [2.24, 2.45) is 10.7 Å². The third kappa shape index (κ3) is 2.71. The number of nitrogens with one attached hydrogen (secondary N) is 3. The topological polar surface area (TPSA) is 91.5 Å². The van der Waals surface area contributed by atoms with Gasteiger partial charge in [0.1, 0.15) is 5.82 Å². The summed E-state index contributed by atoms with van der Waals surface area (Å²) in [6.45, 7) is 2.04. The van der Waals surface area contributed by atoms with Crippen LogP contribution in [0, 0.1) is 0 Å². The summed E-state index contributed by atoms with van der Waals surface area (Å²) in [5, 5.41) is 9.24. The predicted octanol–water partition coefficient (Wildman–Crippen LogP) is 0.994. The van der Waals surface area contributed by atoms with Crippen molar-refractivity contribution in [1.82, 2.24) is 16.0 Å². The molecule has 3 rings (SSSR count). The molecule has 0 saturated carbocycles. The van der Waals surface area contributed by atoms with E-state index in [0.29, 0.717) is 5.82 Å². The van der Waals surface area contributed by atoms with Gasteiger partial charge in [0.2, 0.25) is 0 Å². The van der Waals surface area contributed by atoms with Gasteiger partial charge in [-0.1, -0.05) is 30.3 Å². The Morgan fingerprint density at radius 2 is 2.09 bits per heavy atom. The molecule has 1 aromatic rings. The number of amides is 1. The van der Waals surface area contributed by atoms with E-state index in [2.05, 4.69) is 20.9 Å². The highest BCUT2D eigenvalue weighted by Gasteiger charge is 2.23. The number of aliphatic imine (C=N–C) groups is 1. The summed E-state index contributed by atoms with van der Waals surface area (Å²) in [4.78, 5) is 15.8. The van der Waals surface area contributed by atoms with Crippen LogP contribution in [0.3, 0.4) is 0 Å². The zero-order valence-electron chi connectivity index (χ0n) is 12.1. The van der Waals surface area contributed by atoms with Gasteiger partial charge >= 0.3 is 0 Å². The van der Waals surface area contributed by atoms with Gasteiger partial charge in [0.25, 0.3) is 5.91 Å². The van der Waals surface area contributed by atoms with Crippen molar-refractivity contribution >= 4 is 11.7 Å². The van der Waals surface area contributed by atoms with Crippen molar-refractivity contribution in [3.05, 3.63) is 71.5 Å². The second-order valence-electron chi connectivity index (χ2n) is 5.05. The first-order valence-electron chi connectivity index (χ1n) is 6.99. The van der Waals surface area contributed by atoms with Gasteiger partial charge in [-0.05, 0) is 18.6 Å². The van der Waals surface area contributed by atoms with Gasteiger partial charge in [-0.2, -0.15) is 0 Å². The molecule has 1 atom stereocenters. The number of rotatable bonds is 4. The highest BCUT2D eigenvalue weighted by molar-refractivity contribution is 6.38. The maximum absolute atomic E-state index is 11.4. The number of primary amides is 1. The number of hydrogen-bond acceptors (Lipinski definition) is 5. The molecular weight excluding hydrogens is 278 g/mol. The van der Waals surface area contributed by atoms with E-state index >= 15 is 0 Å². The van der Waals surface area contributed by atoms with Crippen LogP contribution in [0.25, 0.3) is 0 Å². The van der Waals surface area contributed by atoms with E-state index < -0.39 is 5.91 Å². The molecule has 0 spiro atoms. The second-order valence-corrected chi connectivity index (χ2v) is 5.05. The Morgan fingerprint density at radius 1 is 1.32 bits per heavy atom. The van der Waals surface area contributed by atoms with Crippen LogP contribution in [0.4, 0.5) is 0 Å². The van der Waals surface area contributed by atoms with Gasteiger partial charge < -0.3 is 21.7 Å². The van der Waals surface area contributed by atoms with Gasteiger partial charge in [-0.3, -0.25) is 4.79 Å². The monoisotopic (exact) mass is 295 g/mol. The van der Waals surface area contributed by atoms with Crippen molar-refractivity contribution in [1.29, 1.82) is 0 Å². The number of dihydropyridines is 1. The number of allylic oxidation sites excluding steroid dienone is 1. The lowest BCUT2D eigenvalue weighted by molar-refractivity contribution is -0.112. The average Bonchev–Trinajstić information content (AvgIpc) is 2.55. The highest BCUT2D eigenvalue weighted by atomic mass is 16.1. The third-order valence-electron chi connectivity index (χ3n) is 3.48. The quantitative estimate of drug-likeness (QED) is 0.667. The molecule has 6 nitrogen and oxygen atoms in total. The van der Waals surface area contributed by atoms with Gasteiger partial charge in [-0.25, -0.2) is 4.99 Å². The van der Waals surface area contributed by atoms with Crippen LogP contribution in [-0.4, -0.2) is 11.7 Å². The number of hydrogen-bond donors (Lipinski definition) is 4. The number of carbonyl (C=O) groups is 1. The fraction of sp³-hybridized carbons (Fsp3) is 0.125. The van der Waals surface area contributed by atoms with Crippen LogP contribution in [0.15, 0.2) is 70.9 Å². The van der Waals surface area contributed by atoms with Crippen LogP contribution in [-0.2, 0) is 4.79 Å². The molecule has 2 heterocycles. The molecule has 0 aromatic heterocycles. The van der Waals surface area contributed by atoms with Gasteiger partial charge in [0.05, 0.1) is 5.70 Å². The second kappa shape index (κ2) is 5.77. The SMILES string of the molecule is CC(NC1=C2C=CNC=C2NC(C(N)=O)=N1)c1ccccc1. The van der Waals surface area contributed by atoms with Crippen LogP contribution >= 0.6 is 0 Å². The molecule has 0 radical (unpaired) electrons. The summed E-state index contributed by atoms with van der Waals surface area (Å²) in [6, 6.07) is 10.1. The summed E-state index contributed by atoms with van der Waals surface area (Å²) >= 11 is 0. The molecule has 1 aromatic carbocycles. The number of amidine groups is 1. The molecule has 2 aliphatic rings. The molecule has 0 saturated heterocycles. The predicted molar refractivity (Wildman–Crippen MR) is 85.1 cm³/mol. The number of benzene rings is 1. The van der Waals surface area contributed by atoms with Gasteiger partial charge in [-0.15, -0.1) is 0 Å². The van der Waals surface area contributed by atoms with E-state index in [1.807, 2.05) is 43.3 Å². The Hall–Kier alpha value is -3.02. The number of fused-ring (bicyclic) bond motifs is 1. The molecule has 1 unspecified atom stereocenters. The Bertz CT molecular complexity index is 715. The van der Waals surface area contributed by atoms with E-state index in [4.69, 9.17) is 5.73 Å². The lowest BCUT2D eigenvalue weighted by atomic mass is 10.1. The fourth-order valence-corrected chi connectivity index (χ4v) is 2.32. The Labute approximate surface area is 128 Å². The normalized spacial score (nSPS) is 17.5. The van der Waals surface area contributed by atoms with Gasteiger partial charge in [0.15, 0.2) is 5.84 Å². The van der Waals surface area contributed by atoms with Crippen LogP contribution < -0.4 is 21.7 Å². The number of nitrogens with two attached hydrogens (primary N) is 1. The zero-order valence-corrected chi connectivity index (χ0v) is 12.1. The maximum Gasteiger partial charge on any atom is 0.284 e. The summed E-state index contributed by atoms with van der Waals surface area (Å²) in [5.41, 5.74) is 8.12. The van der Waals surface area contributed by atoms with Crippen molar-refractivity contribution in [3.8, 4) is 0 Å². The minimum Gasteiger partial charge on any atom is -0.366 e. The molecule has 1 amide bonds. The summed E-state index contributed by atoms with van der Waals surface area (Å²) in [6.07, 6.45) is 5.46. The first-order chi connectivity index (χ1) is 10.6. The van der Waals surface area contributed by atoms with Crippen molar-refractivity contribution in [3.63, 3.8) is 0 Å². The molecule has 6 heteroatoms. The van der Waals surface area contributed by atoms with E-state index in [1.165, 1.54) is 0 Å². The molecular formula is C16H17N5O. The minimum absolute atomic E-state index is 0.0456. The molecule has 0 aliphatic carbocycles. The Morgan fingerprint density at radius 3 is 2.82 bits per heavy atom. The Kier molecular flexibility index (Phi) is 3.65. The molecule has 5 N–H and O–H groups in total. The lowest BCUT2D eigenvalue weighted by Gasteiger charge is -2.25. The Balaban J connectivity index is 1.93. The van der Waals surface area contributed by atoms with E-state index in [1.54, 1.807) is 12.4 Å². The largest absolute Gasteiger partial charge is 0.366 e. The maximum atomic E-state index is 11.4. The van der Waals surface area contributed by atoms with Crippen LogP contribution in [0.5, 0.6) is 0 Å². The van der Waals surface area contributed by atoms with E-state index in [0.717, 1.165) is 16.8 Å². The lowest BCUT2D eigenvalue weighted by Crippen LogP contribution is -2.41. The van der Waals surface area contributed by atoms with E-state index in [-0.39, 0.29) is 11.9 Å². The molecule has 0 bridgehead atoms. The summed E-state index contributed by atoms with van der Waals surface area (Å²) in [5.74, 6) is 0.143. The first kappa shape index (κ1) is 13.9. The number of nitrogens with zero attached hydrogens (tertiary/aromatic N) is 1. The summed E-state index contributed by atoms with van der Waals surface area (Å²) in [7, 11) is 0. The van der Waals surface area contributed by atoms with Crippen molar-refractivity contribution in [2.75, 3.05) is 0 Å². The highest BCUT2D eigenvalue weighted by Crippen LogP contribution is 2.23. The average molecular weight is 295 g/mol. The molecule has 2 aliphatic heterocycles. The van der Waals surface area contributed by atoms with Crippen molar-refractivity contribution in [2.45, 2.75) is 13.0 Å². The standard InChI is InChI=1S/C16H17N5O/c1-10(11-5-3-2-4-6-11)19-15-12-7-8-18-9-13(12)20-16(21-15)14(17)22/h2-10,18-19H,1H3,(H2,17,22)(H,20,21). The van der Waals surface area contributed by atoms with Crippen LogP contribution in [0.1, 0.15) is 18.5 Å². The van der Waals surface area contributed by atoms with Crippen molar-refractivity contribution < 1.29 is 4.79 Å². The molecule has 0 fully saturated rings. The smallest absolute Gasteiger partial charge is 0.284 e. The fourth-order valence-electron chi connectivity index (χ4n) is 2.32. The zero-order chi connectivity index (χ0) is 15.5. The third-order valence-corrected chi connectivity index (χ3v) is 3.48. The minimum atomic E-state index is -0.596. The molecule has 22 heavy (non-hydrogen) atoms. The number of carbonyl (C=O) groups excluding carboxylic acids is 1. The molecule has 112 valence electrons. The summed E-state index contributed by atoms with van der Waals surface area (Å²) < 4.78 is 0. The van der Waals surface area contributed by atoms with Crippen LogP contribution in [0.2, 0.25) is 0 Å². The first-order valence-corrected chi connectivity index (χ1v) is 6.99. The van der Waals surface area contributed by atoms with Gasteiger partial charge in [0, 0.05) is 24.0 Å². The van der Waals surface area contributed by atoms with E-state index in [9.17, 15) is 4.79 Å².